The average Bonchev–Trinajstić information content (AvgIpc) is 3.33. The molecule has 0 radical (unpaired) electrons. The second-order valence-electron chi connectivity index (χ2n) is 6.36. The van der Waals surface area contributed by atoms with Gasteiger partial charge in [0.25, 0.3) is 0 Å². The number of aromatic nitrogens is 2. The van der Waals surface area contributed by atoms with Crippen LogP contribution in [0.2, 0.25) is 0 Å². The number of imidazole rings is 1. The highest BCUT2D eigenvalue weighted by atomic mass is 32.1. The molecule has 3 heterocycles. The Hall–Kier alpha value is -2.54. The number of piperazine rings is 1. The number of benzene rings is 1. The van der Waals surface area contributed by atoms with Crippen LogP contribution in [0.1, 0.15) is 12.7 Å². The summed E-state index contributed by atoms with van der Waals surface area (Å²) in [6.07, 6.45) is 1.68. The van der Waals surface area contributed by atoms with Gasteiger partial charge in [-0.05, 0) is 43.4 Å². The standard InChI is InChI=1S/C19H23N5OS/c1-2-24-17-8-4-3-7-16(17)21-18(24)22-9-11-23(12-10-22)19(26)20-14-15-6-5-13-25-15/h3-8,13H,2,9-12,14H2,1H3,(H,20,26). The van der Waals surface area contributed by atoms with E-state index in [1.54, 1.807) is 6.26 Å². The molecule has 0 aliphatic carbocycles. The molecule has 6 nitrogen and oxygen atoms in total. The van der Waals surface area contributed by atoms with Crippen molar-refractivity contribution in [3.05, 3.63) is 48.4 Å². The number of hydrogen-bond acceptors (Lipinski definition) is 4. The van der Waals surface area contributed by atoms with Gasteiger partial charge in [-0.3, -0.25) is 0 Å². The van der Waals surface area contributed by atoms with Crippen LogP contribution in [0.3, 0.4) is 0 Å². The molecule has 7 heteroatoms. The third-order valence-electron chi connectivity index (χ3n) is 4.79. The van der Waals surface area contributed by atoms with E-state index in [0.29, 0.717) is 6.54 Å². The summed E-state index contributed by atoms with van der Waals surface area (Å²) in [6, 6.07) is 12.2. The van der Waals surface area contributed by atoms with Gasteiger partial charge in [0, 0.05) is 32.7 Å². The first-order chi connectivity index (χ1) is 12.8. The molecule has 4 rings (SSSR count). The van der Waals surface area contributed by atoms with Crippen molar-refractivity contribution in [3.8, 4) is 0 Å². The smallest absolute Gasteiger partial charge is 0.206 e. The minimum absolute atomic E-state index is 0.623. The predicted molar refractivity (Wildman–Crippen MR) is 107 cm³/mol. The second kappa shape index (κ2) is 7.37. The molecule has 1 fully saturated rings. The molecular weight excluding hydrogens is 346 g/mol. The molecule has 1 aromatic carbocycles. The van der Waals surface area contributed by atoms with Gasteiger partial charge >= 0.3 is 0 Å². The number of thiocarbonyl (C=S) groups is 1. The summed E-state index contributed by atoms with van der Waals surface area (Å²) in [7, 11) is 0. The van der Waals surface area contributed by atoms with Crippen molar-refractivity contribution < 1.29 is 4.42 Å². The first kappa shape index (κ1) is 16.9. The number of aryl methyl sites for hydroxylation is 1. The number of fused-ring (bicyclic) bond motifs is 1. The topological polar surface area (TPSA) is 49.5 Å². The molecule has 1 aliphatic heterocycles. The van der Waals surface area contributed by atoms with Crippen molar-refractivity contribution in [2.24, 2.45) is 0 Å². The van der Waals surface area contributed by atoms with Crippen LogP contribution < -0.4 is 10.2 Å². The molecule has 2 aromatic heterocycles. The van der Waals surface area contributed by atoms with Crippen LogP contribution in [-0.4, -0.2) is 45.7 Å². The number of nitrogens with one attached hydrogen (secondary N) is 1. The van der Waals surface area contributed by atoms with Crippen LogP contribution in [0, 0.1) is 0 Å². The lowest BCUT2D eigenvalue weighted by Crippen LogP contribution is -2.52. The first-order valence-electron chi connectivity index (χ1n) is 9.01. The molecule has 1 N–H and O–H groups in total. The van der Waals surface area contributed by atoms with Crippen LogP contribution in [-0.2, 0) is 13.1 Å². The van der Waals surface area contributed by atoms with Gasteiger partial charge in [0.1, 0.15) is 5.76 Å². The van der Waals surface area contributed by atoms with E-state index in [2.05, 4.69) is 44.8 Å². The van der Waals surface area contributed by atoms with Crippen LogP contribution in [0.25, 0.3) is 11.0 Å². The Kier molecular flexibility index (Phi) is 4.79. The van der Waals surface area contributed by atoms with E-state index in [1.165, 1.54) is 5.52 Å². The fourth-order valence-corrected chi connectivity index (χ4v) is 3.67. The predicted octanol–water partition coefficient (Wildman–Crippen LogP) is 2.85. The summed E-state index contributed by atoms with van der Waals surface area (Å²) in [5.74, 6) is 1.95. The summed E-state index contributed by atoms with van der Waals surface area (Å²) in [5, 5.41) is 4.06. The van der Waals surface area contributed by atoms with E-state index in [1.807, 2.05) is 18.2 Å². The number of para-hydroxylation sites is 2. The summed E-state index contributed by atoms with van der Waals surface area (Å²) in [6.45, 7) is 7.30. The number of rotatable bonds is 4. The summed E-state index contributed by atoms with van der Waals surface area (Å²) < 4.78 is 7.63. The van der Waals surface area contributed by atoms with Crippen LogP contribution in [0.5, 0.6) is 0 Å². The van der Waals surface area contributed by atoms with Crippen LogP contribution in [0.15, 0.2) is 47.1 Å². The minimum Gasteiger partial charge on any atom is -0.467 e. The lowest BCUT2D eigenvalue weighted by atomic mass is 10.3. The van der Waals surface area contributed by atoms with Gasteiger partial charge in [-0.2, -0.15) is 0 Å². The van der Waals surface area contributed by atoms with E-state index in [-0.39, 0.29) is 0 Å². The highest BCUT2D eigenvalue weighted by Gasteiger charge is 2.23. The van der Waals surface area contributed by atoms with Gasteiger partial charge in [-0.15, -0.1) is 0 Å². The number of hydrogen-bond donors (Lipinski definition) is 1. The maximum absolute atomic E-state index is 5.54. The molecule has 136 valence electrons. The Morgan fingerprint density at radius 1 is 1.15 bits per heavy atom. The summed E-state index contributed by atoms with van der Waals surface area (Å²) in [5.41, 5.74) is 2.26. The van der Waals surface area contributed by atoms with E-state index in [0.717, 1.165) is 55.1 Å². The third-order valence-corrected chi connectivity index (χ3v) is 5.20. The van der Waals surface area contributed by atoms with Gasteiger partial charge < -0.3 is 24.1 Å². The van der Waals surface area contributed by atoms with Crippen molar-refractivity contribution in [1.29, 1.82) is 0 Å². The lowest BCUT2D eigenvalue weighted by molar-refractivity contribution is 0.373. The molecule has 0 amide bonds. The van der Waals surface area contributed by atoms with E-state index < -0.39 is 0 Å². The summed E-state index contributed by atoms with van der Waals surface area (Å²) in [4.78, 5) is 9.43. The van der Waals surface area contributed by atoms with Gasteiger partial charge in [-0.25, -0.2) is 4.98 Å². The largest absolute Gasteiger partial charge is 0.467 e. The zero-order valence-corrected chi connectivity index (χ0v) is 15.7. The fourth-order valence-electron chi connectivity index (χ4n) is 3.41. The molecule has 0 spiro atoms. The third kappa shape index (κ3) is 3.26. The Bertz CT molecular complexity index is 881. The van der Waals surface area contributed by atoms with Crippen LogP contribution in [0.4, 0.5) is 5.95 Å². The van der Waals surface area contributed by atoms with Crippen LogP contribution >= 0.6 is 12.2 Å². The highest BCUT2D eigenvalue weighted by Crippen LogP contribution is 2.23. The van der Waals surface area contributed by atoms with Crippen molar-refractivity contribution in [1.82, 2.24) is 19.8 Å². The number of anilines is 1. The Balaban J connectivity index is 1.40. The Morgan fingerprint density at radius 3 is 2.69 bits per heavy atom. The summed E-state index contributed by atoms with van der Waals surface area (Å²) >= 11 is 5.54. The molecule has 0 unspecified atom stereocenters. The number of nitrogens with zero attached hydrogens (tertiary/aromatic N) is 4. The van der Waals surface area contributed by atoms with Gasteiger partial charge in [0.15, 0.2) is 5.11 Å². The molecule has 0 atom stereocenters. The normalized spacial score (nSPS) is 14.8. The van der Waals surface area contributed by atoms with Crippen molar-refractivity contribution >= 4 is 34.3 Å². The fraction of sp³-hybridized carbons (Fsp3) is 0.368. The van der Waals surface area contributed by atoms with Gasteiger partial charge in [0.05, 0.1) is 23.8 Å². The molecule has 3 aromatic rings. The second-order valence-corrected chi connectivity index (χ2v) is 6.74. The zero-order chi connectivity index (χ0) is 17.9. The Morgan fingerprint density at radius 2 is 1.96 bits per heavy atom. The zero-order valence-electron chi connectivity index (χ0n) is 14.9. The molecule has 0 saturated carbocycles. The monoisotopic (exact) mass is 369 g/mol. The SMILES string of the molecule is CCn1c(N2CCN(C(=S)NCc3ccco3)CC2)nc2ccccc21. The number of furan rings is 1. The molecular formula is C19H23N5OS. The van der Waals surface area contributed by atoms with Crippen molar-refractivity contribution in [2.45, 2.75) is 20.0 Å². The quantitative estimate of drug-likeness (QED) is 0.714. The molecule has 26 heavy (non-hydrogen) atoms. The van der Waals surface area contributed by atoms with Crippen molar-refractivity contribution in [2.75, 3.05) is 31.1 Å². The van der Waals surface area contributed by atoms with E-state index >= 15 is 0 Å². The molecule has 0 bridgehead atoms. The maximum Gasteiger partial charge on any atom is 0.206 e. The highest BCUT2D eigenvalue weighted by molar-refractivity contribution is 7.80. The molecule has 1 aliphatic rings. The average molecular weight is 369 g/mol. The first-order valence-corrected chi connectivity index (χ1v) is 9.42. The Labute approximate surface area is 158 Å². The van der Waals surface area contributed by atoms with Gasteiger partial charge in [0.2, 0.25) is 5.95 Å². The van der Waals surface area contributed by atoms with E-state index in [4.69, 9.17) is 21.6 Å². The maximum atomic E-state index is 5.54. The molecule has 1 saturated heterocycles. The van der Waals surface area contributed by atoms with Gasteiger partial charge in [-0.1, -0.05) is 12.1 Å². The minimum atomic E-state index is 0.623. The van der Waals surface area contributed by atoms with Crippen molar-refractivity contribution in [3.63, 3.8) is 0 Å². The lowest BCUT2D eigenvalue weighted by Gasteiger charge is -2.36. The van der Waals surface area contributed by atoms with E-state index in [9.17, 15) is 0 Å².